The molecule has 8 nitrogen and oxygen atoms in total. The molecule has 1 unspecified atom stereocenters. The van der Waals surface area contributed by atoms with Gasteiger partial charge in [0.05, 0.1) is 12.8 Å². The summed E-state index contributed by atoms with van der Waals surface area (Å²) in [6.07, 6.45) is -0.434. The van der Waals surface area contributed by atoms with Gasteiger partial charge in [-0.05, 0) is 62.5 Å². The number of benzene rings is 2. The largest absolute Gasteiger partial charge is 0.508 e. The number of piperazine rings is 1. The standard InChI is InChI=1S/C24H35N5O3/c1-19(30)17-25(2)18-26(3)24(32)27(4)20-5-7-21(8-6-20)28-13-15-29(16-14-28)22-9-11-23(31)12-10-22/h5-12,19,30-31H,13-18H2,1-4H3. The van der Waals surface area contributed by atoms with Crippen LogP contribution >= 0.6 is 0 Å². The topological polar surface area (TPSA) is 73.7 Å². The van der Waals surface area contributed by atoms with Crippen LogP contribution in [-0.2, 0) is 0 Å². The minimum atomic E-state index is -0.434. The van der Waals surface area contributed by atoms with Crippen LogP contribution < -0.4 is 14.7 Å². The van der Waals surface area contributed by atoms with Crippen LogP contribution in [0.3, 0.4) is 0 Å². The molecule has 1 aliphatic rings. The Kier molecular flexibility index (Phi) is 7.82. The van der Waals surface area contributed by atoms with E-state index in [1.165, 1.54) is 0 Å². The maximum absolute atomic E-state index is 12.8. The number of aromatic hydroxyl groups is 1. The van der Waals surface area contributed by atoms with E-state index in [0.29, 0.717) is 13.2 Å². The summed E-state index contributed by atoms with van der Waals surface area (Å²) in [6, 6.07) is 15.3. The van der Waals surface area contributed by atoms with Crippen molar-refractivity contribution in [3.63, 3.8) is 0 Å². The lowest BCUT2D eigenvalue weighted by atomic mass is 10.2. The number of amides is 2. The average Bonchev–Trinajstić information content (AvgIpc) is 2.78. The van der Waals surface area contributed by atoms with Crippen LogP contribution in [0.4, 0.5) is 21.9 Å². The van der Waals surface area contributed by atoms with E-state index in [2.05, 4.69) is 21.9 Å². The molecular weight excluding hydrogens is 406 g/mol. The number of aliphatic hydroxyl groups excluding tert-OH is 1. The predicted octanol–water partition coefficient (Wildman–Crippen LogP) is 2.48. The molecule has 1 heterocycles. The number of carbonyl (C=O) groups excluding carboxylic acids is 1. The molecule has 1 aliphatic heterocycles. The van der Waals surface area contributed by atoms with E-state index in [9.17, 15) is 15.0 Å². The zero-order valence-electron chi connectivity index (χ0n) is 19.5. The van der Waals surface area contributed by atoms with E-state index in [0.717, 1.165) is 43.2 Å². The molecule has 1 atom stereocenters. The van der Waals surface area contributed by atoms with Crippen LogP contribution in [0.25, 0.3) is 0 Å². The summed E-state index contributed by atoms with van der Waals surface area (Å²) in [5, 5.41) is 19.0. The van der Waals surface area contributed by atoms with Crippen LogP contribution in [0, 0.1) is 0 Å². The number of aliphatic hydroxyl groups is 1. The van der Waals surface area contributed by atoms with Crippen LogP contribution in [0.15, 0.2) is 48.5 Å². The third-order valence-electron chi connectivity index (χ3n) is 5.74. The molecule has 2 aromatic carbocycles. The van der Waals surface area contributed by atoms with Crippen LogP contribution in [0.2, 0.25) is 0 Å². The number of carbonyl (C=O) groups is 1. The highest BCUT2D eigenvalue weighted by Crippen LogP contribution is 2.24. The third kappa shape index (κ3) is 6.05. The van der Waals surface area contributed by atoms with Gasteiger partial charge >= 0.3 is 6.03 Å². The van der Waals surface area contributed by atoms with E-state index in [1.807, 2.05) is 36.2 Å². The first kappa shape index (κ1) is 23.7. The number of nitrogens with zero attached hydrogens (tertiary/aromatic N) is 5. The molecule has 8 heteroatoms. The molecule has 0 spiro atoms. The highest BCUT2D eigenvalue weighted by atomic mass is 16.3. The van der Waals surface area contributed by atoms with Crippen molar-refractivity contribution >= 4 is 23.1 Å². The Labute approximate surface area is 190 Å². The molecule has 0 bridgehead atoms. The van der Waals surface area contributed by atoms with Gasteiger partial charge in [0.2, 0.25) is 0 Å². The molecule has 1 saturated heterocycles. The van der Waals surface area contributed by atoms with Crippen molar-refractivity contribution in [1.29, 1.82) is 0 Å². The van der Waals surface area contributed by atoms with E-state index in [-0.39, 0.29) is 11.8 Å². The Morgan fingerprint density at radius 1 is 0.906 bits per heavy atom. The molecule has 174 valence electrons. The van der Waals surface area contributed by atoms with E-state index >= 15 is 0 Å². The number of phenolic OH excluding ortho intramolecular Hbond substituents is 1. The Balaban J connectivity index is 1.54. The van der Waals surface area contributed by atoms with E-state index in [4.69, 9.17) is 0 Å². The molecule has 0 radical (unpaired) electrons. The summed E-state index contributed by atoms with van der Waals surface area (Å²) >= 11 is 0. The number of hydrogen-bond donors (Lipinski definition) is 2. The van der Waals surface area contributed by atoms with Crippen molar-refractivity contribution in [3.8, 4) is 5.75 Å². The third-order valence-corrected chi connectivity index (χ3v) is 5.74. The Hall–Kier alpha value is -2.97. The van der Waals surface area contributed by atoms with Crippen molar-refractivity contribution < 1.29 is 15.0 Å². The molecule has 2 N–H and O–H groups in total. The molecule has 1 fully saturated rings. The predicted molar refractivity (Wildman–Crippen MR) is 130 cm³/mol. The Bertz CT molecular complexity index is 864. The highest BCUT2D eigenvalue weighted by molar-refractivity contribution is 5.91. The first-order chi connectivity index (χ1) is 15.2. The summed E-state index contributed by atoms with van der Waals surface area (Å²) in [5.41, 5.74) is 3.11. The van der Waals surface area contributed by atoms with Gasteiger partial charge in [-0.2, -0.15) is 0 Å². The molecule has 2 aromatic rings. The summed E-state index contributed by atoms with van der Waals surface area (Å²) in [5.74, 6) is 0.286. The van der Waals surface area contributed by atoms with E-state index < -0.39 is 6.10 Å². The fourth-order valence-electron chi connectivity index (χ4n) is 4.07. The van der Waals surface area contributed by atoms with Crippen molar-refractivity contribution in [1.82, 2.24) is 9.80 Å². The van der Waals surface area contributed by atoms with Crippen molar-refractivity contribution in [2.24, 2.45) is 0 Å². The van der Waals surface area contributed by atoms with Gasteiger partial charge in [0.1, 0.15) is 5.75 Å². The number of rotatable bonds is 7. The van der Waals surface area contributed by atoms with Gasteiger partial charge < -0.3 is 24.9 Å². The van der Waals surface area contributed by atoms with Gasteiger partial charge in [-0.25, -0.2) is 4.79 Å². The summed E-state index contributed by atoms with van der Waals surface area (Å²) in [6.45, 7) is 6.33. The minimum Gasteiger partial charge on any atom is -0.508 e. The first-order valence-electron chi connectivity index (χ1n) is 11.0. The maximum atomic E-state index is 12.8. The van der Waals surface area contributed by atoms with Gasteiger partial charge in [-0.3, -0.25) is 9.80 Å². The zero-order valence-corrected chi connectivity index (χ0v) is 19.5. The zero-order chi connectivity index (χ0) is 23.3. The molecule has 0 aliphatic carbocycles. The number of phenols is 1. The number of urea groups is 1. The molecule has 32 heavy (non-hydrogen) atoms. The maximum Gasteiger partial charge on any atom is 0.324 e. The Morgan fingerprint density at radius 3 is 1.84 bits per heavy atom. The second-order valence-electron chi connectivity index (χ2n) is 8.58. The fraction of sp³-hybridized carbons (Fsp3) is 0.458. The lowest BCUT2D eigenvalue weighted by Gasteiger charge is -2.37. The Morgan fingerprint density at radius 2 is 1.38 bits per heavy atom. The van der Waals surface area contributed by atoms with Gasteiger partial charge in [0.25, 0.3) is 0 Å². The highest BCUT2D eigenvalue weighted by Gasteiger charge is 2.20. The van der Waals surface area contributed by atoms with Gasteiger partial charge in [0.15, 0.2) is 0 Å². The SMILES string of the molecule is CC(O)CN(C)CN(C)C(=O)N(C)c1ccc(N2CCN(c3ccc(O)cc3)CC2)cc1. The van der Waals surface area contributed by atoms with Crippen molar-refractivity contribution in [3.05, 3.63) is 48.5 Å². The first-order valence-corrected chi connectivity index (χ1v) is 11.0. The van der Waals surface area contributed by atoms with Gasteiger partial charge in [-0.15, -0.1) is 0 Å². The quantitative estimate of drug-likeness (QED) is 0.643. The van der Waals surface area contributed by atoms with E-state index in [1.54, 1.807) is 43.0 Å². The smallest absolute Gasteiger partial charge is 0.324 e. The van der Waals surface area contributed by atoms with Gasteiger partial charge in [0, 0.05) is 63.9 Å². The molecule has 0 saturated carbocycles. The lowest BCUT2D eigenvalue weighted by Crippen LogP contribution is -2.46. The molecular formula is C24H35N5O3. The van der Waals surface area contributed by atoms with Crippen LogP contribution in [0.5, 0.6) is 5.75 Å². The minimum absolute atomic E-state index is 0.0993. The molecule has 3 rings (SSSR count). The fourth-order valence-corrected chi connectivity index (χ4v) is 4.07. The normalized spacial score (nSPS) is 15.1. The average molecular weight is 442 g/mol. The second kappa shape index (κ2) is 10.6. The number of likely N-dealkylation sites (N-methyl/N-ethyl adjacent to an activating group) is 1. The van der Waals surface area contributed by atoms with Crippen LogP contribution in [0.1, 0.15) is 6.92 Å². The second-order valence-corrected chi connectivity index (χ2v) is 8.58. The van der Waals surface area contributed by atoms with Crippen LogP contribution in [-0.4, -0.2) is 92.7 Å². The summed E-state index contributed by atoms with van der Waals surface area (Å²) in [7, 11) is 5.42. The number of hydrogen-bond acceptors (Lipinski definition) is 6. The summed E-state index contributed by atoms with van der Waals surface area (Å²) in [4.78, 5) is 22.6. The molecule has 2 amide bonds. The molecule has 0 aromatic heterocycles. The lowest BCUT2D eigenvalue weighted by molar-refractivity contribution is 0.113. The van der Waals surface area contributed by atoms with Crippen molar-refractivity contribution in [2.45, 2.75) is 13.0 Å². The number of anilines is 3. The van der Waals surface area contributed by atoms with Gasteiger partial charge in [-0.1, -0.05) is 0 Å². The van der Waals surface area contributed by atoms with Crippen molar-refractivity contribution in [2.75, 3.05) is 75.2 Å². The summed E-state index contributed by atoms with van der Waals surface area (Å²) < 4.78 is 0. The monoisotopic (exact) mass is 441 g/mol.